The second kappa shape index (κ2) is 8.13. The molecule has 0 aliphatic heterocycles. The van der Waals surface area contributed by atoms with E-state index in [1.807, 2.05) is 36.0 Å². The summed E-state index contributed by atoms with van der Waals surface area (Å²) in [7, 11) is 4.60. The number of amides is 1. The second-order valence-electron chi connectivity index (χ2n) is 5.58. The number of rotatable bonds is 7. The number of aryl methyl sites for hydroxylation is 1. The summed E-state index contributed by atoms with van der Waals surface area (Å²) < 4.78 is 17.9. The van der Waals surface area contributed by atoms with Crippen LogP contribution in [0.2, 0.25) is 0 Å². The minimum absolute atomic E-state index is 0.225. The summed E-state index contributed by atoms with van der Waals surface area (Å²) in [5.41, 5.74) is 1.31. The number of nitrogens with zero attached hydrogens (tertiary/aromatic N) is 2. The third-order valence-corrected chi connectivity index (χ3v) is 5.08. The van der Waals surface area contributed by atoms with Crippen LogP contribution in [-0.2, 0) is 6.42 Å². The SMILES string of the molecule is CCc1nc(-n2cccc2)sc1C(=O)Nc1cc(OC)c(OC)c(OC)c1. The van der Waals surface area contributed by atoms with Crippen molar-refractivity contribution in [2.75, 3.05) is 26.6 Å². The molecule has 0 saturated carbocycles. The van der Waals surface area contributed by atoms with Crippen LogP contribution >= 0.6 is 11.3 Å². The molecule has 0 saturated heterocycles. The van der Waals surface area contributed by atoms with Crippen LogP contribution in [0.5, 0.6) is 17.2 Å². The van der Waals surface area contributed by atoms with E-state index in [1.54, 1.807) is 12.1 Å². The van der Waals surface area contributed by atoms with E-state index in [-0.39, 0.29) is 5.91 Å². The van der Waals surface area contributed by atoms with E-state index < -0.39 is 0 Å². The molecule has 3 aromatic rings. The topological polar surface area (TPSA) is 74.6 Å². The van der Waals surface area contributed by atoms with Crippen LogP contribution in [0.15, 0.2) is 36.7 Å². The number of hydrogen-bond acceptors (Lipinski definition) is 6. The molecule has 0 bridgehead atoms. The molecule has 1 aromatic carbocycles. The Kier molecular flexibility index (Phi) is 5.66. The average molecular weight is 387 g/mol. The summed E-state index contributed by atoms with van der Waals surface area (Å²) in [4.78, 5) is 18.0. The van der Waals surface area contributed by atoms with Gasteiger partial charge in [-0.15, -0.1) is 0 Å². The minimum Gasteiger partial charge on any atom is -0.493 e. The number of hydrogen-bond donors (Lipinski definition) is 1. The predicted octanol–water partition coefficient (Wildman–Crippen LogP) is 3.77. The first-order chi connectivity index (χ1) is 13.1. The molecular weight excluding hydrogens is 366 g/mol. The molecule has 0 atom stereocenters. The lowest BCUT2D eigenvalue weighted by Gasteiger charge is -2.14. The molecule has 8 heteroatoms. The number of ether oxygens (including phenoxy) is 3. The summed E-state index contributed by atoms with van der Waals surface area (Å²) in [6.07, 6.45) is 4.47. The summed E-state index contributed by atoms with van der Waals surface area (Å²) >= 11 is 1.35. The van der Waals surface area contributed by atoms with Crippen LogP contribution in [0.3, 0.4) is 0 Å². The van der Waals surface area contributed by atoms with Crippen molar-refractivity contribution >= 4 is 22.9 Å². The van der Waals surface area contributed by atoms with Gasteiger partial charge in [-0.3, -0.25) is 4.79 Å². The van der Waals surface area contributed by atoms with Gasteiger partial charge in [-0.1, -0.05) is 18.3 Å². The van der Waals surface area contributed by atoms with E-state index in [4.69, 9.17) is 14.2 Å². The zero-order valence-corrected chi connectivity index (χ0v) is 16.4. The fourth-order valence-corrected chi connectivity index (χ4v) is 3.69. The van der Waals surface area contributed by atoms with E-state index in [0.29, 0.717) is 34.2 Å². The first-order valence-electron chi connectivity index (χ1n) is 8.35. The molecule has 2 heterocycles. The molecule has 142 valence electrons. The van der Waals surface area contributed by atoms with E-state index >= 15 is 0 Å². The molecule has 3 rings (SSSR count). The molecule has 0 radical (unpaired) electrons. The van der Waals surface area contributed by atoms with Crippen LogP contribution in [-0.4, -0.2) is 36.8 Å². The van der Waals surface area contributed by atoms with Crippen molar-refractivity contribution in [1.29, 1.82) is 0 Å². The number of nitrogens with one attached hydrogen (secondary N) is 1. The van der Waals surface area contributed by atoms with Crippen molar-refractivity contribution in [3.63, 3.8) is 0 Å². The first kappa shape index (κ1) is 18.8. The fraction of sp³-hybridized carbons (Fsp3) is 0.263. The minimum atomic E-state index is -0.225. The van der Waals surface area contributed by atoms with Gasteiger partial charge in [0.1, 0.15) is 4.88 Å². The van der Waals surface area contributed by atoms with Crippen molar-refractivity contribution < 1.29 is 19.0 Å². The average Bonchev–Trinajstić information content (AvgIpc) is 3.36. The molecule has 0 fully saturated rings. The molecule has 0 aliphatic carbocycles. The van der Waals surface area contributed by atoms with Gasteiger partial charge in [0.2, 0.25) is 5.75 Å². The number of carbonyl (C=O) groups is 1. The van der Waals surface area contributed by atoms with Crippen molar-refractivity contribution in [3.05, 3.63) is 47.2 Å². The highest BCUT2D eigenvalue weighted by Crippen LogP contribution is 2.40. The van der Waals surface area contributed by atoms with E-state index in [1.165, 1.54) is 32.7 Å². The highest BCUT2D eigenvalue weighted by atomic mass is 32.1. The molecule has 2 aromatic heterocycles. The maximum absolute atomic E-state index is 12.9. The van der Waals surface area contributed by atoms with Gasteiger partial charge in [0.15, 0.2) is 16.6 Å². The third kappa shape index (κ3) is 3.75. The largest absolute Gasteiger partial charge is 0.493 e. The van der Waals surface area contributed by atoms with Crippen LogP contribution in [0.4, 0.5) is 5.69 Å². The Morgan fingerprint density at radius 3 is 2.26 bits per heavy atom. The normalized spacial score (nSPS) is 10.5. The molecule has 7 nitrogen and oxygen atoms in total. The molecule has 27 heavy (non-hydrogen) atoms. The number of carbonyl (C=O) groups excluding carboxylic acids is 1. The Hall–Kier alpha value is -3.00. The van der Waals surface area contributed by atoms with Crippen LogP contribution in [0, 0.1) is 0 Å². The Bertz CT molecular complexity index is 910. The third-order valence-electron chi connectivity index (χ3n) is 3.98. The molecule has 1 amide bonds. The van der Waals surface area contributed by atoms with E-state index in [9.17, 15) is 4.79 Å². The Morgan fingerprint density at radius 2 is 1.74 bits per heavy atom. The summed E-state index contributed by atoms with van der Waals surface area (Å²) in [6.45, 7) is 1.98. The lowest BCUT2D eigenvalue weighted by Crippen LogP contribution is -2.12. The lowest BCUT2D eigenvalue weighted by molar-refractivity contribution is 0.102. The van der Waals surface area contributed by atoms with Gasteiger partial charge in [-0.05, 0) is 18.6 Å². The lowest BCUT2D eigenvalue weighted by atomic mass is 10.2. The van der Waals surface area contributed by atoms with Crippen molar-refractivity contribution in [3.8, 4) is 22.4 Å². The summed E-state index contributed by atoms with van der Waals surface area (Å²) in [5, 5.41) is 3.66. The van der Waals surface area contributed by atoms with Gasteiger partial charge >= 0.3 is 0 Å². The smallest absolute Gasteiger partial charge is 0.267 e. The molecule has 0 unspecified atom stereocenters. The van der Waals surface area contributed by atoms with Gasteiger partial charge in [0.05, 0.1) is 27.0 Å². The summed E-state index contributed by atoms with van der Waals surface area (Å²) in [6, 6.07) is 7.23. The quantitative estimate of drug-likeness (QED) is 0.668. The van der Waals surface area contributed by atoms with Gasteiger partial charge in [0.25, 0.3) is 5.91 Å². The van der Waals surface area contributed by atoms with Gasteiger partial charge in [0, 0.05) is 30.2 Å². The predicted molar refractivity (Wildman–Crippen MR) is 105 cm³/mol. The first-order valence-corrected chi connectivity index (χ1v) is 9.17. The maximum atomic E-state index is 12.9. The number of thiazole rings is 1. The van der Waals surface area contributed by atoms with Crippen LogP contribution in [0.1, 0.15) is 22.3 Å². The van der Waals surface area contributed by atoms with Crippen molar-refractivity contribution in [2.45, 2.75) is 13.3 Å². The fourth-order valence-electron chi connectivity index (χ4n) is 2.67. The monoisotopic (exact) mass is 387 g/mol. The van der Waals surface area contributed by atoms with E-state index in [0.717, 1.165) is 10.8 Å². The van der Waals surface area contributed by atoms with Gasteiger partial charge in [-0.25, -0.2) is 4.98 Å². The maximum Gasteiger partial charge on any atom is 0.267 e. The van der Waals surface area contributed by atoms with Gasteiger partial charge < -0.3 is 24.1 Å². The van der Waals surface area contributed by atoms with Crippen LogP contribution < -0.4 is 19.5 Å². The summed E-state index contributed by atoms with van der Waals surface area (Å²) in [5.74, 6) is 1.19. The Balaban J connectivity index is 1.92. The van der Waals surface area contributed by atoms with E-state index in [2.05, 4.69) is 10.3 Å². The number of anilines is 1. The second-order valence-corrected chi connectivity index (χ2v) is 6.56. The van der Waals surface area contributed by atoms with Crippen LogP contribution in [0.25, 0.3) is 5.13 Å². The highest BCUT2D eigenvalue weighted by Gasteiger charge is 2.20. The zero-order valence-electron chi connectivity index (χ0n) is 15.6. The molecular formula is C19H21N3O4S. The highest BCUT2D eigenvalue weighted by molar-refractivity contribution is 7.16. The van der Waals surface area contributed by atoms with Gasteiger partial charge in [-0.2, -0.15) is 0 Å². The molecule has 0 aliphatic rings. The molecule has 1 N–H and O–H groups in total. The number of methoxy groups -OCH3 is 3. The molecule has 0 spiro atoms. The Morgan fingerprint density at radius 1 is 1.11 bits per heavy atom. The zero-order chi connectivity index (χ0) is 19.4. The van der Waals surface area contributed by atoms with Crippen molar-refractivity contribution in [1.82, 2.24) is 9.55 Å². The standard InChI is InChI=1S/C19H21N3O4S/c1-5-13-17(27-19(21-13)22-8-6-7-9-22)18(23)20-12-10-14(24-2)16(26-4)15(11-12)25-3/h6-11H,5H2,1-4H3,(H,20,23). The Labute approximate surface area is 161 Å². The van der Waals surface area contributed by atoms with Crippen molar-refractivity contribution in [2.24, 2.45) is 0 Å². The number of aromatic nitrogens is 2. The number of benzene rings is 1.